The highest BCUT2D eigenvalue weighted by Crippen LogP contribution is 2.34. The van der Waals surface area contributed by atoms with Crippen molar-refractivity contribution in [3.8, 4) is 0 Å². The van der Waals surface area contributed by atoms with E-state index in [1.807, 2.05) is 66.7 Å². The van der Waals surface area contributed by atoms with E-state index >= 15 is 0 Å². The fourth-order valence-electron chi connectivity index (χ4n) is 3.15. The number of pyridine rings is 1. The highest BCUT2D eigenvalue weighted by molar-refractivity contribution is 6.72. The lowest BCUT2D eigenvalue weighted by atomic mass is 10.0. The molecule has 0 atom stereocenters. The Balaban J connectivity index is 1.82. The van der Waals surface area contributed by atoms with Crippen molar-refractivity contribution in [2.45, 2.75) is 0 Å². The second-order valence-corrected chi connectivity index (χ2v) is 6.79. The predicted molar refractivity (Wildman–Crippen MR) is 110 cm³/mol. The monoisotopic (exact) mass is 375 g/mol. The minimum Gasteiger partial charge on any atom is -0.235 e. The van der Waals surface area contributed by atoms with Crippen LogP contribution in [0, 0.1) is 0 Å². The van der Waals surface area contributed by atoms with Gasteiger partial charge < -0.3 is 0 Å². The molecule has 0 saturated heterocycles. The Morgan fingerprint density at radius 1 is 0.615 bits per heavy atom. The van der Waals surface area contributed by atoms with Crippen LogP contribution in [0.4, 0.5) is 11.5 Å². The van der Waals surface area contributed by atoms with Crippen LogP contribution in [0.15, 0.2) is 76.7 Å². The highest BCUT2D eigenvalue weighted by Gasteiger charge is 2.18. The molecule has 0 spiro atoms. The highest BCUT2D eigenvalue weighted by atomic mass is 35.5. The van der Waals surface area contributed by atoms with Crippen LogP contribution in [0.2, 0.25) is 0 Å². The third-order valence-corrected chi connectivity index (χ3v) is 5.01. The maximum atomic E-state index is 6.55. The number of fused-ring (bicyclic) bond motifs is 4. The largest absolute Gasteiger partial charge is 0.235 e. The summed E-state index contributed by atoms with van der Waals surface area (Å²) >= 11 is 13.1. The molecule has 0 aliphatic carbocycles. The summed E-state index contributed by atoms with van der Waals surface area (Å²) in [5.74, 6) is 0.473. The third kappa shape index (κ3) is 2.48. The van der Waals surface area contributed by atoms with Crippen molar-refractivity contribution in [3.05, 3.63) is 77.9 Å². The summed E-state index contributed by atoms with van der Waals surface area (Å²) in [4.78, 5) is 13.8. The van der Waals surface area contributed by atoms with Gasteiger partial charge in [-0.05, 0) is 35.0 Å². The molecule has 124 valence electrons. The van der Waals surface area contributed by atoms with E-state index < -0.39 is 0 Å². The van der Waals surface area contributed by atoms with Gasteiger partial charge in [-0.15, -0.1) is 0 Å². The topological polar surface area (TPSA) is 37.6 Å². The Morgan fingerprint density at radius 2 is 1.23 bits per heavy atom. The van der Waals surface area contributed by atoms with Crippen LogP contribution in [0.1, 0.15) is 11.1 Å². The van der Waals surface area contributed by atoms with Gasteiger partial charge in [0.1, 0.15) is 10.3 Å². The molecule has 0 radical (unpaired) electrons. The molecule has 5 rings (SSSR count). The first kappa shape index (κ1) is 15.5. The van der Waals surface area contributed by atoms with Crippen molar-refractivity contribution in [2.24, 2.45) is 9.98 Å². The molecular formula is C21H11Cl2N3. The second kappa shape index (κ2) is 5.90. The van der Waals surface area contributed by atoms with Gasteiger partial charge in [-0.2, -0.15) is 0 Å². The molecule has 0 bridgehead atoms. The first-order valence-corrected chi connectivity index (χ1v) is 8.86. The summed E-state index contributed by atoms with van der Waals surface area (Å²) in [7, 11) is 0. The molecule has 26 heavy (non-hydrogen) atoms. The molecule has 1 aromatic heterocycles. The molecule has 1 aliphatic rings. The van der Waals surface area contributed by atoms with Crippen LogP contribution in [0.3, 0.4) is 0 Å². The normalized spacial score (nSPS) is 13.5. The van der Waals surface area contributed by atoms with Crippen molar-refractivity contribution in [1.82, 2.24) is 4.98 Å². The average molecular weight is 376 g/mol. The molecule has 3 aromatic carbocycles. The van der Waals surface area contributed by atoms with Gasteiger partial charge >= 0.3 is 0 Å². The van der Waals surface area contributed by atoms with Gasteiger partial charge in [0.15, 0.2) is 5.82 Å². The maximum absolute atomic E-state index is 6.55. The zero-order chi connectivity index (χ0) is 17.7. The van der Waals surface area contributed by atoms with Crippen molar-refractivity contribution in [1.29, 1.82) is 0 Å². The summed E-state index contributed by atoms with van der Waals surface area (Å²) in [6, 6.07) is 21.8. The van der Waals surface area contributed by atoms with Gasteiger partial charge in [0.2, 0.25) is 0 Å². The van der Waals surface area contributed by atoms with Crippen LogP contribution in [0.25, 0.3) is 21.7 Å². The lowest BCUT2D eigenvalue weighted by molar-refractivity contribution is 1.31. The summed E-state index contributed by atoms with van der Waals surface area (Å²) in [6.45, 7) is 0. The fourth-order valence-corrected chi connectivity index (χ4v) is 3.61. The summed E-state index contributed by atoms with van der Waals surface area (Å²) in [5.41, 5.74) is 2.94. The van der Waals surface area contributed by atoms with Crippen molar-refractivity contribution in [2.75, 3.05) is 0 Å². The lowest BCUT2D eigenvalue weighted by Crippen LogP contribution is -2.02. The minimum atomic E-state index is 0.350. The number of hydrogen-bond acceptors (Lipinski definition) is 3. The molecule has 0 fully saturated rings. The van der Waals surface area contributed by atoms with Crippen LogP contribution in [0.5, 0.6) is 0 Å². The van der Waals surface area contributed by atoms with E-state index in [2.05, 4.69) is 15.0 Å². The van der Waals surface area contributed by atoms with E-state index in [1.54, 1.807) is 0 Å². The quantitative estimate of drug-likeness (QED) is 0.353. The Labute approximate surface area is 159 Å². The number of aliphatic imine (C=N–C) groups is 2. The van der Waals surface area contributed by atoms with Gasteiger partial charge in [-0.3, -0.25) is 0 Å². The number of aromatic nitrogens is 1. The molecule has 5 heteroatoms. The van der Waals surface area contributed by atoms with Gasteiger partial charge in [0.05, 0.1) is 16.8 Å². The molecule has 1 aliphatic heterocycles. The zero-order valence-corrected chi connectivity index (χ0v) is 15.0. The molecular weight excluding hydrogens is 365 g/mol. The van der Waals surface area contributed by atoms with Crippen LogP contribution in [-0.2, 0) is 0 Å². The average Bonchev–Trinajstić information content (AvgIpc) is 2.66. The fraction of sp³-hybridized carbons (Fsp3) is 0. The Morgan fingerprint density at radius 3 is 2.04 bits per heavy atom. The molecule has 3 nitrogen and oxygen atoms in total. The molecule has 0 saturated carbocycles. The molecule has 0 unspecified atom stereocenters. The smallest absolute Gasteiger partial charge is 0.164 e. The van der Waals surface area contributed by atoms with E-state index in [4.69, 9.17) is 23.2 Å². The Hall–Kier alpha value is -2.75. The van der Waals surface area contributed by atoms with Crippen molar-refractivity contribution in [3.63, 3.8) is 0 Å². The molecule has 2 heterocycles. The number of hydrogen-bond donors (Lipinski definition) is 0. The van der Waals surface area contributed by atoms with Gasteiger partial charge in [-0.25, -0.2) is 15.0 Å². The van der Waals surface area contributed by atoms with Crippen LogP contribution >= 0.6 is 23.2 Å². The molecule has 0 amide bonds. The zero-order valence-electron chi connectivity index (χ0n) is 13.4. The summed E-state index contributed by atoms with van der Waals surface area (Å²) in [5, 5.41) is 3.81. The Bertz CT molecular complexity index is 1160. The lowest BCUT2D eigenvalue weighted by Gasteiger charge is -2.13. The standard InChI is InChI=1S/C21H11Cl2N3/c22-19-15-9-12-5-1-2-6-13(12)11-18(15)24-20(23)16-10-14-7-3-4-8-17(14)25-21(16)26-19/h1-11H. The predicted octanol–water partition coefficient (Wildman–Crippen LogP) is 6.34. The number of para-hydroxylation sites is 1. The number of rotatable bonds is 0. The third-order valence-electron chi connectivity index (χ3n) is 4.44. The van der Waals surface area contributed by atoms with Crippen molar-refractivity contribution < 1.29 is 0 Å². The Kier molecular flexibility index (Phi) is 3.52. The van der Waals surface area contributed by atoms with Gasteiger partial charge in [0.25, 0.3) is 0 Å². The van der Waals surface area contributed by atoms with E-state index in [-0.39, 0.29) is 0 Å². The first-order valence-electron chi connectivity index (χ1n) is 8.11. The van der Waals surface area contributed by atoms with Gasteiger partial charge in [-0.1, -0.05) is 65.7 Å². The summed E-state index contributed by atoms with van der Waals surface area (Å²) < 4.78 is 0. The summed E-state index contributed by atoms with van der Waals surface area (Å²) in [6.07, 6.45) is 0. The number of benzene rings is 3. The maximum Gasteiger partial charge on any atom is 0.164 e. The van der Waals surface area contributed by atoms with Crippen LogP contribution < -0.4 is 0 Å². The number of halogens is 2. The van der Waals surface area contributed by atoms with Gasteiger partial charge in [0, 0.05) is 10.9 Å². The first-order chi connectivity index (χ1) is 12.7. The minimum absolute atomic E-state index is 0.350. The second-order valence-electron chi connectivity index (χ2n) is 6.07. The van der Waals surface area contributed by atoms with Crippen LogP contribution in [-0.4, -0.2) is 15.3 Å². The SMILES string of the molecule is ClC1=Nc2nc3ccccc3cc2C(Cl)=Nc2cc3ccccc3cc21. The van der Waals surface area contributed by atoms with E-state index in [1.165, 1.54) is 0 Å². The van der Waals surface area contributed by atoms with E-state index in [0.717, 1.165) is 27.2 Å². The van der Waals surface area contributed by atoms with E-state index in [9.17, 15) is 0 Å². The molecule has 0 N–H and O–H groups in total. The number of nitrogens with zero attached hydrogens (tertiary/aromatic N) is 3. The van der Waals surface area contributed by atoms with E-state index in [0.29, 0.717) is 27.4 Å². The van der Waals surface area contributed by atoms with Crippen molar-refractivity contribution >= 4 is 66.7 Å². The molecule has 4 aromatic rings.